The first-order valence-corrected chi connectivity index (χ1v) is 9.00. The molecular weight excluding hydrogens is 378 g/mol. The van der Waals surface area contributed by atoms with Crippen molar-refractivity contribution in [3.63, 3.8) is 0 Å². The summed E-state index contributed by atoms with van der Waals surface area (Å²) in [6.07, 6.45) is 1.21. The Kier molecular flexibility index (Phi) is 5.22. The Morgan fingerprint density at radius 1 is 1.19 bits per heavy atom. The van der Waals surface area contributed by atoms with Gasteiger partial charge in [-0.25, -0.2) is 13.6 Å². The molecule has 1 aliphatic rings. The predicted molar refractivity (Wildman–Crippen MR) is 94.7 cm³/mol. The van der Waals surface area contributed by atoms with Gasteiger partial charge >= 0.3 is 5.97 Å². The number of halogens is 2. The topological polar surface area (TPSA) is 98.5 Å². The number of amides is 2. The minimum Gasteiger partial charge on any atom is -0.449 e. The number of hydrogen-bond donors (Lipinski definition) is 2. The lowest BCUT2D eigenvalue weighted by atomic mass is 10.1. The van der Waals surface area contributed by atoms with E-state index in [0.717, 1.165) is 41.8 Å². The van der Waals surface area contributed by atoms with Crippen LogP contribution in [0.4, 0.5) is 13.8 Å². The van der Waals surface area contributed by atoms with Crippen molar-refractivity contribution < 1.29 is 27.9 Å². The number of nitrogens with one attached hydrogen (secondary N) is 1. The summed E-state index contributed by atoms with van der Waals surface area (Å²) in [5, 5.41) is 2.87. The molecule has 0 aliphatic heterocycles. The van der Waals surface area contributed by atoms with Crippen LogP contribution in [0.25, 0.3) is 0 Å². The summed E-state index contributed by atoms with van der Waals surface area (Å²) >= 11 is 1.27. The smallest absolute Gasteiger partial charge is 0.339 e. The van der Waals surface area contributed by atoms with E-state index in [9.17, 15) is 23.2 Å². The third kappa shape index (κ3) is 3.97. The molecule has 0 unspecified atom stereocenters. The van der Waals surface area contributed by atoms with Gasteiger partial charge in [0.25, 0.3) is 11.8 Å². The van der Waals surface area contributed by atoms with E-state index in [0.29, 0.717) is 11.1 Å². The molecule has 9 heteroatoms. The van der Waals surface area contributed by atoms with Crippen LogP contribution in [0, 0.1) is 11.6 Å². The van der Waals surface area contributed by atoms with E-state index in [-0.39, 0.29) is 11.1 Å². The highest BCUT2D eigenvalue weighted by molar-refractivity contribution is 7.17. The van der Waals surface area contributed by atoms with Crippen LogP contribution in [-0.4, -0.2) is 23.9 Å². The summed E-state index contributed by atoms with van der Waals surface area (Å²) in [6, 6.07) is 2.24. The molecule has 142 valence electrons. The van der Waals surface area contributed by atoms with E-state index >= 15 is 0 Å². The standard InChI is InChI=1S/C18H16F2N2O4S/c1-8(26-18(25)9-5-10(19)7-11(20)6-9)16(24)22-17-14(15(21)23)12-3-2-4-13(12)27-17/h5-8H,2-4H2,1H3,(H2,21,23)(H,22,24)/t8-/m1/s1. The lowest BCUT2D eigenvalue weighted by Crippen LogP contribution is -2.30. The first-order chi connectivity index (χ1) is 12.8. The third-order valence-corrected chi connectivity index (χ3v) is 5.36. The number of benzene rings is 1. The number of primary amides is 1. The third-order valence-electron chi connectivity index (χ3n) is 4.16. The Morgan fingerprint density at radius 2 is 1.85 bits per heavy atom. The van der Waals surface area contributed by atoms with Crippen LogP contribution >= 0.6 is 11.3 Å². The summed E-state index contributed by atoms with van der Waals surface area (Å²) in [4.78, 5) is 37.1. The molecule has 3 rings (SSSR count). The summed E-state index contributed by atoms with van der Waals surface area (Å²) in [5.74, 6) is -4.22. The number of esters is 1. The predicted octanol–water partition coefficient (Wildman–Crippen LogP) is 2.80. The summed E-state index contributed by atoms with van der Waals surface area (Å²) < 4.78 is 31.4. The maximum absolute atomic E-state index is 13.2. The van der Waals surface area contributed by atoms with E-state index in [1.807, 2.05) is 0 Å². The van der Waals surface area contributed by atoms with Crippen molar-refractivity contribution in [2.45, 2.75) is 32.3 Å². The molecule has 3 N–H and O–H groups in total. The van der Waals surface area contributed by atoms with E-state index in [1.165, 1.54) is 18.3 Å². The quantitative estimate of drug-likeness (QED) is 0.762. The molecule has 0 radical (unpaired) electrons. The van der Waals surface area contributed by atoms with Crippen molar-refractivity contribution in [2.24, 2.45) is 5.73 Å². The molecule has 1 aromatic carbocycles. The number of anilines is 1. The lowest BCUT2D eigenvalue weighted by molar-refractivity contribution is -0.123. The SMILES string of the molecule is C[C@@H](OC(=O)c1cc(F)cc(F)c1)C(=O)Nc1sc2c(c1C(N)=O)CCC2. The van der Waals surface area contributed by atoms with E-state index < -0.39 is 35.5 Å². The maximum atomic E-state index is 13.2. The largest absolute Gasteiger partial charge is 0.449 e. The monoisotopic (exact) mass is 394 g/mol. The fourth-order valence-electron chi connectivity index (χ4n) is 2.92. The Bertz CT molecular complexity index is 921. The van der Waals surface area contributed by atoms with Crippen LogP contribution in [-0.2, 0) is 22.4 Å². The molecule has 0 fully saturated rings. The normalized spacial score (nSPS) is 13.7. The van der Waals surface area contributed by atoms with Crippen molar-refractivity contribution in [1.82, 2.24) is 0 Å². The van der Waals surface area contributed by atoms with Gasteiger partial charge in [-0.05, 0) is 43.9 Å². The minimum atomic E-state index is -1.25. The van der Waals surface area contributed by atoms with Crippen molar-refractivity contribution in [3.05, 3.63) is 51.4 Å². The molecule has 1 atom stereocenters. The zero-order valence-electron chi connectivity index (χ0n) is 14.3. The number of rotatable bonds is 5. The molecule has 1 aliphatic carbocycles. The first-order valence-electron chi connectivity index (χ1n) is 8.18. The average Bonchev–Trinajstić information content (AvgIpc) is 3.13. The van der Waals surface area contributed by atoms with Gasteiger partial charge < -0.3 is 15.8 Å². The van der Waals surface area contributed by atoms with Gasteiger partial charge in [0.2, 0.25) is 0 Å². The van der Waals surface area contributed by atoms with Crippen molar-refractivity contribution >= 4 is 34.1 Å². The molecule has 1 aromatic heterocycles. The zero-order valence-corrected chi connectivity index (χ0v) is 15.1. The number of nitrogens with two attached hydrogens (primary N) is 1. The number of thiophene rings is 1. The number of aryl methyl sites for hydroxylation is 1. The number of carbonyl (C=O) groups is 3. The van der Waals surface area contributed by atoms with Gasteiger partial charge in [-0.1, -0.05) is 0 Å². The molecule has 0 saturated heterocycles. The second kappa shape index (κ2) is 7.43. The fourth-order valence-corrected chi connectivity index (χ4v) is 4.22. The summed E-state index contributed by atoms with van der Waals surface area (Å²) in [5.41, 5.74) is 6.22. The van der Waals surface area contributed by atoms with Gasteiger partial charge in [-0.3, -0.25) is 9.59 Å². The highest BCUT2D eigenvalue weighted by Gasteiger charge is 2.28. The molecule has 2 aromatic rings. The van der Waals surface area contributed by atoms with Crippen LogP contribution < -0.4 is 11.1 Å². The molecule has 0 bridgehead atoms. The summed E-state index contributed by atoms with van der Waals surface area (Å²) in [7, 11) is 0. The molecule has 2 amide bonds. The van der Waals surface area contributed by atoms with Crippen molar-refractivity contribution in [1.29, 1.82) is 0 Å². The Balaban J connectivity index is 1.71. The van der Waals surface area contributed by atoms with E-state index in [1.54, 1.807) is 0 Å². The van der Waals surface area contributed by atoms with Gasteiger partial charge in [0.05, 0.1) is 11.1 Å². The maximum Gasteiger partial charge on any atom is 0.339 e. The van der Waals surface area contributed by atoms with Gasteiger partial charge in [0.1, 0.15) is 16.6 Å². The summed E-state index contributed by atoms with van der Waals surface area (Å²) in [6.45, 7) is 1.31. The minimum absolute atomic E-state index is 0.284. The van der Waals surface area contributed by atoms with Crippen LogP contribution in [0.1, 0.15) is 44.5 Å². The molecule has 1 heterocycles. The number of carbonyl (C=O) groups excluding carboxylic acids is 3. The highest BCUT2D eigenvalue weighted by atomic mass is 32.1. The van der Waals surface area contributed by atoms with Crippen molar-refractivity contribution in [3.8, 4) is 0 Å². The molecule has 0 spiro atoms. The number of ether oxygens (including phenoxy) is 1. The van der Waals surface area contributed by atoms with Gasteiger partial charge in [-0.2, -0.15) is 0 Å². The van der Waals surface area contributed by atoms with Crippen LogP contribution in [0.2, 0.25) is 0 Å². The van der Waals surface area contributed by atoms with Gasteiger partial charge in [0.15, 0.2) is 6.10 Å². The van der Waals surface area contributed by atoms with Crippen molar-refractivity contribution in [2.75, 3.05) is 5.32 Å². The Labute approximate surface area is 157 Å². The second-order valence-electron chi connectivity index (χ2n) is 6.12. The van der Waals surface area contributed by atoms with Crippen LogP contribution in [0.5, 0.6) is 0 Å². The van der Waals surface area contributed by atoms with Gasteiger partial charge in [0, 0.05) is 10.9 Å². The second-order valence-corrected chi connectivity index (χ2v) is 7.23. The van der Waals surface area contributed by atoms with Gasteiger partial charge in [-0.15, -0.1) is 11.3 Å². The number of hydrogen-bond acceptors (Lipinski definition) is 5. The fraction of sp³-hybridized carbons (Fsp3) is 0.278. The lowest BCUT2D eigenvalue weighted by Gasteiger charge is -2.13. The highest BCUT2D eigenvalue weighted by Crippen LogP contribution is 2.38. The molecular formula is C18H16F2N2O4S. The molecule has 6 nitrogen and oxygen atoms in total. The number of fused-ring (bicyclic) bond motifs is 1. The van der Waals surface area contributed by atoms with Crippen LogP contribution in [0.3, 0.4) is 0 Å². The molecule has 27 heavy (non-hydrogen) atoms. The van der Waals surface area contributed by atoms with Crippen LogP contribution in [0.15, 0.2) is 18.2 Å². The first kappa shape index (κ1) is 19.0. The van der Waals surface area contributed by atoms with E-state index in [2.05, 4.69) is 5.32 Å². The van der Waals surface area contributed by atoms with E-state index in [4.69, 9.17) is 10.5 Å². The average molecular weight is 394 g/mol. The molecule has 0 saturated carbocycles. The Hall–Kier alpha value is -2.81. The zero-order chi connectivity index (χ0) is 19.7. The Morgan fingerprint density at radius 3 is 2.48 bits per heavy atom.